The molecule has 4 aromatic rings. The molecule has 0 saturated heterocycles. The number of amides is 1. The highest BCUT2D eigenvalue weighted by molar-refractivity contribution is 5.91. The van der Waals surface area contributed by atoms with Crippen molar-refractivity contribution in [1.29, 1.82) is 0 Å². The molecule has 0 bridgehead atoms. The summed E-state index contributed by atoms with van der Waals surface area (Å²) >= 11 is 0. The van der Waals surface area contributed by atoms with Crippen LogP contribution in [0, 0.1) is 11.8 Å². The molecule has 28 heavy (non-hydrogen) atoms. The number of nitrogens with two attached hydrogens (primary N) is 1. The molecule has 0 atom stereocenters. The molecular formula is C20H16N6O2. The van der Waals surface area contributed by atoms with E-state index >= 15 is 0 Å². The zero-order valence-electron chi connectivity index (χ0n) is 15.2. The molecule has 0 saturated carbocycles. The first-order valence-corrected chi connectivity index (χ1v) is 8.37. The van der Waals surface area contributed by atoms with E-state index in [1.165, 1.54) is 6.20 Å². The van der Waals surface area contributed by atoms with Crippen molar-refractivity contribution in [2.75, 3.05) is 7.11 Å². The number of fused-ring (bicyclic) bond motifs is 1. The third-order valence-electron chi connectivity index (χ3n) is 4.19. The van der Waals surface area contributed by atoms with E-state index in [9.17, 15) is 4.79 Å². The van der Waals surface area contributed by atoms with Gasteiger partial charge >= 0.3 is 0 Å². The van der Waals surface area contributed by atoms with E-state index in [1.807, 2.05) is 25.5 Å². The van der Waals surface area contributed by atoms with E-state index in [2.05, 4.69) is 27.0 Å². The normalized spacial score (nSPS) is 10.5. The van der Waals surface area contributed by atoms with Gasteiger partial charge in [-0.3, -0.25) is 14.5 Å². The quantitative estimate of drug-likeness (QED) is 0.551. The summed E-state index contributed by atoms with van der Waals surface area (Å²) in [7, 11) is 3.47. The molecular weight excluding hydrogens is 356 g/mol. The molecule has 8 heteroatoms. The van der Waals surface area contributed by atoms with Gasteiger partial charge in [-0.1, -0.05) is 11.8 Å². The summed E-state index contributed by atoms with van der Waals surface area (Å²) in [4.78, 5) is 15.2. The standard InChI is InChI=1S/C20H16N6O2/c1-25-11-16(10-23-25)15-8-18(28-2)19-14(9-24-26(19)12-15)4-3-13-5-6-22-17(7-13)20(21)27/h5-12H,1-2H3,(H2,21,27). The molecule has 0 aliphatic carbocycles. The van der Waals surface area contributed by atoms with Gasteiger partial charge in [0, 0.05) is 42.3 Å². The number of nitrogens with zero attached hydrogens (tertiary/aromatic N) is 5. The largest absolute Gasteiger partial charge is 0.494 e. The predicted octanol–water partition coefficient (Wildman–Crippen LogP) is 1.64. The van der Waals surface area contributed by atoms with Crippen LogP contribution in [0.5, 0.6) is 5.75 Å². The molecule has 0 spiro atoms. The van der Waals surface area contributed by atoms with Crippen molar-refractivity contribution in [2.45, 2.75) is 0 Å². The Balaban J connectivity index is 1.78. The lowest BCUT2D eigenvalue weighted by molar-refractivity contribution is 0.0995. The number of ether oxygens (including phenoxy) is 1. The van der Waals surface area contributed by atoms with Crippen molar-refractivity contribution in [2.24, 2.45) is 12.8 Å². The number of carbonyl (C=O) groups is 1. The van der Waals surface area contributed by atoms with E-state index in [0.29, 0.717) is 16.9 Å². The minimum atomic E-state index is -0.593. The number of pyridine rings is 2. The number of aryl methyl sites for hydroxylation is 1. The lowest BCUT2D eigenvalue weighted by Crippen LogP contribution is -2.12. The van der Waals surface area contributed by atoms with Crippen molar-refractivity contribution in [3.05, 3.63) is 66.0 Å². The lowest BCUT2D eigenvalue weighted by atomic mass is 10.1. The van der Waals surface area contributed by atoms with Gasteiger partial charge in [0.1, 0.15) is 17.0 Å². The summed E-state index contributed by atoms with van der Waals surface area (Å²) in [6, 6.07) is 5.19. The zero-order valence-corrected chi connectivity index (χ0v) is 15.2. The summed E-state index contributed by atoms with van der Waals surface area (Å²) in [6.45, 7) is 0. The van der Waals surface area contributed by atoms with E-state index in [-0.39, 0.29) is 5.69 Å². The van der Waals surface area contributed by atoms with E-state index in [4.69, 9.17) is 10.5 Å². The molecule has 0 radical (unpaired) electrons. The van der Waals surface area contributed by atoms with Crippen LogP contribution in [0.3, 0.4) is 0 Å². The van der Waals surface area contributed by atoms with Crippen LogP contribution in [-0.4, -0.2) is 37.4 Å². The van der Waals surface area contributed by atoms with Crippen LogP contribution >= 0.6 is 0 Å². The van der Waals surface area contributed by atoms with Crippen LogP contribution in [0.2, 0.25) is 0 Å². The van der Waals surface area contributed by atoms with Gasteiger partial charge in [-0.15, -0.1) is 0 Å². The number of primary amides is 1. The molecule has 1 amide bonds. The van der Waals surface area contributed by atoms with Crippen LogP contribution in [0.15, 0.2) is 49.2 Å². The van der Waals surface area contributed by atoms with Crippen LogP contribution in [-0.2, 0) is 7.05 Å². The number of aromatic nitrogens is 5. The number of methoxy groups -OCH3 is 1. The van der Waals surface area contributed by atoms with Gasteiger partial charge in [-0.25, -0.2) is 4.52 Å². The highest BCUT2D eigenvalue weighted by Gasteiger charge is 2.12. The van der Waals surface area contributed by atoms with Crippen LogP contribution < -0.4 is 10.5 Å². The third kappa shape index (κ3) is 3.17. The van der Waals surface area contributed by atoms with Crippen molar-refractivity contribution >= 4 is 11.4 Å². The van der Waals surface area contributed by atoms with Gasteiger partial charge < -0.3 is 10.5 Å². The average Bonchev–Trinajstić information content (AvgIpc) is 3.32. The first-order chi connectivity index (χ1) is 13.5. The number of hydrogen-bond donors (Lipinski definition) is 1. The maximum Gasteiger partial charge on any atom is 0.267 e. The monoisotopic (exact) mass is 372 g/mol. The maximum absolute atomic E-state index is 11.3. The summed E-state index contributed by atoms with van der Waals surface area (Å²) in [6.07, 6.45) is 8.78. The Bertz CT molecular complexity index is 1260. The maximum atomic E-state index is 11.3. The second-order valence-electron chi connectivity index (χ2n) is 6.10. The molecule has 0 aromatic carbocycles. The molecule has 2 N–H and O–H groups in total. The summed E-state index contributed by atoms with van der Waals surface area (Å²) in [5.74, 6) is 6.15. The predicted molar refractivity (Wildman–Crippen MR) is 103 cm³/mol. The Morgan fingerprint density at radius 3 is 2.71 bits per heavy atom. The van der Waals surface area contributed by atoms with Crippen LogP contribution in [0.25, 0.3) is 16.6 Å². The van der Waals surface area contributed by atoms with E-state index in [0.717, 1.165) is 16.6 Å². The lowest BCUT2D eigenvalue weighted by Gasteiger charge is -2.06. The Morgan fingerprint density at radius 1 is 1.14 bits per heavy atom. The Morgan fingerprint density at radius 2 is 2.00 bits per heavy atom. The van der Waals surface area contributed by atoms with Gasteiger partial charge in [-0.2, -0.15) is 10.2 Å². The topological polar surface area (TPSA) is 100 Å². The zero-order chi connectivity index (χ0) is 19.7. The van der Waals surface area contributed by atoms with Gasteiger partial charge in [0.2, 0.25) is 0 Å². The van der Waals surface area contributed by atoms with Crippen LogP contribution in [0.1, 0.15) is 21.6 Å². The fraction of sp³-hybridized carbons (Fsp3) is 0.100. The fourth-order valence-corrected chi connectivity index (χ4v) is 2.84. The second kappa shape index (κ2) is 6.89. The van der Waals surface area contributed by atoms with Gasteiger partial charge in [-0.05, 0) is 18.2 Å². The average molecular weight is 372 g/mol. The van der Waals surface area contributed by atoms with Gasteiger partial charge in [0.05, 0.1) is 25.1 Å². The summed E-state index contributed by atoms with van der Waals surface area (Å²) in [5.41, 5.74) is 9.42. The second-order valence-corrected chi connectivity index (χ2v) is 6.10. The number of carbonyl (C=O) groups excluding carboxylic acids is 1. The fourth-order valence-electron chi connectivity index (χ4n) is 2.84. The van der Waals surface area contributed by atoms with Crippen molar-refractivity contribution < 1.29 is 9.53 Å². The molecule has 4 aromatic heterocycles. The number of hydrogen-bond acceptors (Lipinski definition) is 5. The molecule has 0 aliphatic heterocycles. The third-order valence-corrected chi connectivity index (χ3v) is 4.19. The van der Waals surface area contributed by atoms with Gasteiger partial charge in [0.15, 0.2) is 0 Å². The minimum absolute atomic E-state index is 0.172. The number of rotatable bonds is 3. The molecule has 0 unspecified atom stereocenters. The molecule has 4 heterocycles. The first-order valence-electron chi connectivity index (χ1n) is 8.37. The smallest absolute Gasteiger partial charge is 0.267 e. The Labute approximate surface area is 160 Å². The first kappa shape index (κ1) is 17.3. The van der Waals surface area contributed by atoms with Crippen molar-refractivity contribution in [3.63, 3.8) is 0 Å². The molecule has 0 fully saturated rings. The molecule has 8 nitrogen and oxygen atoms in total. The molecule has 138 valence electrons. The Hall–Kier alpha value is -4.12. The summed E-state index contributed by atoms with van der Waals surface area (Å²) in [5, 5.41) is 8.60. The minimum Gasteiger partial charge on any atom is -0.494 e. The van der Waals surface area contributed by atoms with Crippen molar-refractivity contribution in [1.82, 2.24) is 24.4 Å². The van der Waals surface area contributed by atoms with Crippen LogP contribution in [0.4, 0.5) is 0 Å². The van der Waals surface area contributed by atoms with E-state index in [1.54, 1.807) is 40.8 Å². The Kier molecular flexibility index (Phi) is 4.26. The van der Waals surface area contributed by atoms with Gasteiger partial charge in [0.25, 0.3) is 5.91 Å². The summed E-state index contributed by atoms with van der Waals surface area (Å²) < 4.78 is 9.04. The highest BCUT2D eigenvalue weighted by atomic mass is 16.5. The molecule has 0 aliphatic rings. The molecule has 4 rings (SSSR count). The van der Waals surface area contributed by atoms with E-state index < -0.39 is 5.91 Å². The highest BCUT2D eigenvalue weighted by Crippen LogP contribution is 2.29. The SMILES string of the molecule is COc1cc(-c2cnn(C)c2)cn2ncc(C#Cc3ccnc(C(N)=O)c3)c12. The van der Waals surface area contributed by atoms with Crippen molar-refractivity contribution in [3.8, 4) is 28.7 Å².